The molecule has 0 radical (unpaired) electrons. The van der Waals surface area contributed by atoms with Crippen LogP contribution in [0.15, 0.2) is 0 Å². The lowest BCUT2D eigenvalue weighted by molar-refractivity contribution is -0.149. The minimum atomic E-state index is 0.0282. The highest BCUT2D eigenvalue weighted by Gasteiger charge is 2.51. The number of hydrogen-bond donors (Lipinski definition) is 0. The van der Waals surface area contributed by atoms with Gasteiger partial charge in [-0.2, -0.15) is 0 Å². The molecule has 2 bridgehead atoms. The SMILES string of the molecule is CCC12CCC(C(=O)N(C)C)(CC1)CC2. The molecule has 86 valence electrons. The van der Waals surface area contributed by atoms with Crippen LogP contribution in [0.1, 0.15) is 51.9 Å². The number of carbonyl (C=O) groups is 1. The summed E-state index contributed by atoms with van der Waals surface area (Å²) in [4.78, 5) is 14.0. The average Bonchev–Trinajstić information content (AvgIpc) is 2.30. The van der Waals surface area contributed by atoms with Crippen LogP contribution in [0, 0.1) is 10.8 Å². The predicted octanol–water partition coefficient (Wildman–Crippen LogP) is 2.83. The van der Waals surface area contributed by atoms with Gasteiger partial charge in [-0.3, -0.25) is 4.79 Å². The van der Waals surface area contributed by atoms with Gasteiger partial charge in [-0.25, -0.2) is 0 Å². The average molecular weight is 209 g/mol. The lowest BCUT2D eigenvalue weighted by Crippen LogP contribution is -2.49. The fourth-order valence-corrected chi connectivity index (χ4v) is 3.59. The maximum absolute atomic E-state index is 12.2. The van der Waals surface area contributed by atoms with Gasteiger partial charge in [0.05, 0.1) is 0 Å². The molecule has 3 rings (SSSR count). The van der Waals surface area contributed by atoms with E-state index in [2.05, 4.69) is 6.92 Å². The van der Waals surface area contributed by atoms with E-state index in [0.717, 1.165) is 19.3 Å². The molecule has 0 unspecified atom stereocenters. The number of nitrogens with zero attached hydrogens (tertiary/aromatic N) is 1. The van der Waals surface area contributed by atoms with Crippen LogP contribution in [-0.4, -0.2) is 24.9 Å². The Balaban J connectivity index is 2.13. The molecule has 0 aromatic carbocycles. The number of amides is 1. The van der Waals surface area contributed by atoms with Crippen LogP contribution in [0.4, 0.5) is 0 Å². The molecule has 0 saturated heterocycles. The fraction of sp³-hybridized carbons (Fsp3) is 0.923. The molecule has 1 amide bonds. The van der Waals surface area contributed by atoms with E-state index in [-0.39, 0.29) is 5.41 Å². The smallest absolute Gasteiger partial charge is 0.228 e. The van der Waals surface area contributed by atoms with Crippen molar-refractivity contribution in [2.75, 3.05) is 14.1 Å². The molecule has 2 heteroatoms. The molecule has 15 heavy (non-hydrogen) atoms. The third kappa shape index (κ3) is 1.58. The second kappa shape index (κ2) is 3.50. The van der Waals surface area contributed by atoms with E-state index >= 15 is 0 Å². The minimum Gasteiger partial charge on any atom is -0.348 e. The van der Waals surface area contributed by atoms with Crippen LogP contribution < -0.4 is 0 Å². The molecule has 2 nitrogen and oxygen atoms in total. The molecular weight excluding hydrogens is 186 g/mol. The van der Waals surface area contributed by atoms with Crippen molar-refractivity contribution in [3.8, 4) is 0 Å². The summed E-state index contributed by atoms with van der Waals surface area (Å²) in [6.07, 6.45) is 8.56. The lowest BCUT2D eigenvalue weighted by Gasteiger charge is -2.53. The maximum Gasteiger partial charge on any atom is 0.228 e. The first kappa shape index (κ1) is 11.0. The van der Waals surface area contributed by atoms with Crippen molar-refractivity contribution in [1.82, 2.24) is 4.90 Å². The molecule has 3 aliphatic carbocycles. The van der Waals surface area contributed by atoms with Gasteiger partial charge in [0.25, 0.3) is 0 Å². The molecule has 0 heterocycles. The summed E-state index contributed by atoms with van der Waals surface area (Å²) in [6.45, 7) is 2.31. The molecule has 0 aromatic heterocycles. The highest BCUT2D eigenvalue weighted by atomic mass is 16.2. The van der Waals surface area contributed by atoms with Gasteiger partial charge < -0.3 is 4.90 Å². The van der Waals surface area contributed by atoms with Crippen molar-refractivity contribution in [2.24, 2.45) is 10.8 Å². The molecule has 0 aliphatic heterocycles. The van der Waals surface area contributed by atoms with Crippen LogP contribution in [0.3, 0.4) is 0 Å². The van der Waals surface area contributed by atoms with Gasteiger partial charge in [0.15, 0.2) is 0 Å². The van der Waals surface area contributed by atoms with Gasteiger partial charge in [0.1, 0.15) is 0 Å². The van der Waals surface area contributed by atoms with E-state index in [9.17, 15) is 4.79 Å². The van der Waals surface area contributed by atoms with E-state index < -0.39 is 0 Å². The maximum atomic E-state index is 12.2. The Kier molecular flexibility index (Phi) is 2.56. The summed E-state index contributed by atoms with van der Waals surface area (Å²) in [6, 6.07) is 0. The number of hydrogen-bond acceptors (Lipinski definition) is 1. The molecule has 3 fully saturated rings. The summed E-state index contributed by atoms with van der Waals surface area (Å²) >= 11 is 0. The summed E-state index contributed by atoms with van der Waals surface area (Å²) in [7, 11) is 3.79. The molecule has 0 aromatic rings. The van der Waals surface area contributed by atoms with Crippen molar-refractivity contribution in [3.05, 3.63) is 0 Å². The molecule has 0 N–H and O–H groups in total. The third-order valence-electron chi connectivity index (χ3n) is 5.01. The highest BCUT2D eigenvalue weighted by molar-refractivity contribution is 5.82. The van der Waals surface area contributed by atoms with Gasteiger partial charge in [-0.15, -0.1) is 0 Å². The van der Waals surface area contributed by atoms with E-state index in [1.54, 1.807) is 4.90 Å². The van der Waals surface area contributed by atoms with Gasteiger partial charge >= 0.3 is 0 Å². The van der Waals surface area contributed by atoms with E-state index in [1.807, 2.05) is 14.1 Å². The van der Waals surface area contributed by atoms with Gasteiger partial charge in [0, 0.05) is 19.5 Å². The first-order valence-corrected chi connectivity index (χ1v) is 6.25. The molecule has 3 saturated carbocycles. The monoisotopic (exact) mass is 209 g/mol. The molecular formula is C13H23NO. The Bertz CT molecular complexity index is 245. The Labute approximate surface area is 93.0 Å². The van der Waals surface area contributed by atoms with Crippen LogP contribution in [0.25, 0.3) is 0 Å². The first-order chi connectivity index (χ1) is 7.04. The van der Waals surface area contributed by atoms with E-state index in [1.165, 1.54) is 25.7 Å². The number of rotatable bonds is 2. The van der Waals surface area contributed by atoms with Gasteiger partial charge in [0.2, 0.25) is 5.91 Å². The molecule has 0 atom stereocenters. The second-order valence-electron chi connectivity index (χ2n) is 5.83. The van der Waals surface area contributed by atoms with Crippen molar-refractivity contribution in [1.29, 1.82) is 0 Å². The quantitative estimate of drug-likeness (QED) is 0.685. The summed E-state index contributed by atoms with van der Waals surface area (Å²) < 4.78 is 0. The third-order valence-corrected chi connectivity index (χ3v) is 5.01. The molecule has 0 spiro atoms. The Morgan fingerprint density at radius 3 is 1.87 bits per heavy atom. The van der Waals surface area contributed by atoms with Crippen molar-refractivity contribution < 1.29 is 4.79 Å². The van der Waals surface area contributed by atoms with Crippen molar-refractivity contribution in [2.45, 2.75) is 51.9 Å². The second-order valence-corrected chi connectivity index (χ2v) is 5.83. The van der Waals surface area contributed by atoms with Crippen LogP contribution >= 0.6 is 0 Å². The fourth-order valence-electron chi connectivity index (χ4n) is 3.59. The zero-order valence-electron chi connectivity index (χ0n) is 10.3. The number of carbonyl (C=O) groups excluding carboxylic acids is 1. The van der Waals surface area contributed by atoms with Crippen LogP contribution in [0.5, 0.6) is 0 Å². The van der Waals surface area contributed by atoms with Gasteiger partial charge in [-0.05, 0) is 43.9 Å². The highest BCUT2D eigenvalue weighted by Crippen LogP contribution is 2.58. The normalized spacial score (nSPS) is 39.1. The first-order valence-electron chi connectivity index (χ1n) is 6.25. The predicted molar refractivity (Wildman–Crippen MR) is 61.6 cm³/mol. The largest absolute Gasteiger partial charge is 0.348 e. The molecule has 3 aliphatic rings. The Morgan fingerprint density at radius 1 is 1.07 bits per heavy atom. The number of fused-ring (bicyclic) bond motifs is 3. The van der Waals surface area contributed by atoms with E-state index in [0.29, 0.717) is 11.3 Å². The minimum absolute atomic E-state index is 0.0282. The summed E-state index contributed by atoms with van der Waals surface area (Å²) in [5.41, 5.74) is 0.634. The van der Waals surface area contributed by atoms with Crippen LogP contribution in [-0.2, 0) is 4.79 Å². The van der Waals surface area contributed by atoms with Crippen molar-refractivity contribution >= 4 is 5.91 Å². The summed E-state index contributed by atoms with van der Waals surface area (Å²) in [5.74, 6) is 0.381. The zero-order chi connectivity index (χ0) is 11.1. The summed E-state index contributed by atoms with van der Waals surface area (Å²) in [5, 5.41) is 0. The Hall–Kier alpha value is -0.530. The zero-order valence-corrected chi connectivity index (χ0v) is 10.3. The standard InChI is InChI=1S/C13H23NO/c1-4-12-5-8-13(9-6-12,10-7-12)11(15)14(2)3/h4-10H2,1-3H3. The van der Waals surface area contributed by atoms with Crippen molar-refractivity contribution in [3.63, 3.8) is 0 Å². The Morgan fingerprint density at radius 2 is 1.53 bits per heavy atom. The van der Waals surface area contributed by atoms with Gasteiger partial charge in [-0.1, -0.05) is 13.3 Å². The topological polar surface area (TPSA) is 20.3 Å². The lowest BCUT2D eigenvalue weighted by atomic mass is 9.52. The van der Waals surface area contributed by atoms with E-state index in [4.69, 9.17) is 0 Å². The van der Waals surface area contributed by atoms with Crippen LogP contribution in [0.2, 0.25) is 0 Å².